The molecule has 5 N–H and O–H groups in total. The number of carbonyl (C=O) groups is 4. The first-order valence-electron chi connectivity index (χ1n) is 22.6. The second-order valence-corrected chi connectivity index (χ2v) is 22.7. The molecule has 12 heteroatoms. The molecule has 0 spiro atoms. The molecule has 0 aromatic rings. The Balaban J connectivity index is 0.000000177. The van der Waals surface area contributed by atoms with Crippen LogP contribution in [0.3, 0.4) is 0 Å². The molecule has 12 nitrogen and oxygen atoms in total. The maximum absolute atomic E-state index is 13.1. The fraction of sp³-hybridized carbons (Fsp3) is 0.796. The fourth-order valence-corrected chi connectivity index (χ4v) is 14.8. The smallest absolute Gasteiger partial charge is 0.303 e. The van der Waals surface area contributed by atoms with E-state index < -0.39 is 86.3 Å². The van der Waals surface area contributed by atoms with Gasteiger partial charge < -0.3 is 39.7 Å². The maximum Gasteiger partial charge on any atom is 0.303 e. The van der Waals surface area contributed by atoms with E-state index in [9.17, 15) is 44.7 Å². The van der Waals surface area contributed by atoms with Gasteiger partial charge in [-0.25, -0.2) is 0 Å². The highest BCUT2D eigenvalue weighted by Gasteiger charge is 2.90. The van der Waals surface area contributed by atoms with E-state index in [0.29, 0.717) is 24.0 Å². The number of epoxide rings is 1. The number of ketones is 2. The SMILES string of the molecule is CC.CC(=O)O[C@@]12C[C@@H](C)[C@@]3(O)[C@@H](C=C(C(C)(C)C)C[C@]4(O)C(=O)C(C)=C[C@@H]34)[C@@H]1C2(C)C.CC(=O)O[C@@]12C[C@@H](C)[C@@]3(O)[C@H]([C@@H]1C2(C)C)[C@@H]1O[C@]1(C)[C@@H](O)[C@]1(O)C(=O)C(C)=C[C@H]13. The van der Waals surface area contributed by atoms with E-state index in [1.54, 1.807) is 32.9 Å². The lowest BCUT2D eigenvalue weighted by atomic mass is 9.59. The van der Waals surface area contributed by atoms with Gasteiger partial charge in [-0.1, -0.05) is 100.0 Å². The minimum absolute atomic E-state index is 0.0702. The first-order valence-corrected chi connectivity index (χ1v) is 22.6. The zero-order valence-electron chi connectivity index (χ0n) is 39.2. The van der Waals surface area contributed by atoms with Gasteiger partial charge in [0.25, 0.3) is 0 Å². The summed E-state index contributed by atoms with van der Waals surface area (Å²) in [5.41, 5.74) is -8.19. The van der Waals surface area contributed by atoms with Crippen LogP contribution in [0, 0.1) is 63.6 Å². The second kappa shape index (κ2) is 13.2. The van der Waals surface area contributed by atoms with Gasteiger partial charge in [-0.3, -0.25) is 19.2 Å². The number of Topliss-reactive ketones (excluding diaryl/α,β-unsaturated/α-hetero) is 2. The first-order chi connectivity index (χ1) is 27.7. The summed E-state index contributed by atoms with van der Waals surface area (Å²) in [5, 5.41) is 59.0. The van der Waals surface area contributed by atoms with E-state index in [2.05, 4.69) is 40.7 Å². The highest BCUT2D eigenvalue weighted by molar-refractivity contribution is 6.06. The topological polar surface area (TPSA) is 200 Å². The summed E-state index contributed by atoms with van der Waals surface area (Å²) in [6.45, 7) is 30.1. The minimum atomic E-state index is -2.13. The van der Waals surface area contributed by atoms with Crippen molar-refractivity contribution in [1.82, 2.24) is 0 Å². The van der Waals surface area contributed by atoms with Gasteiger partial charge in [0.15, 0.2) is 17.2 Å². The van der Waals surface area contributed by atoms with Crippen molar-refractivity contribution in [2.24, 2.45) is 63.6 Å². The number of fused-ring (bicyclic) bond motifs is 12. The zero-order chi connectivity index (χ0) is 46.2. The number of carbonyl (C=O) groups excluding carboxylic acids is 4. The van der Waals surface area contributed by atoms with Crippen molar-refractivity contribution >= 4 is 23.5 Å². The second-order valence-electron chi connectivity index (χ2n) is 22.7. The Hall–Kier alpha value is -2.74. The number of ether oxygens (including phenoxy) is 3. The molecular formula is C49H72O12. The predicted octanol–water partition coefficient (Wildman–Crippen LogP) is 5.35. The number of aliphatic hydroxyl groups excluding tert-OH is 1. The summed E-state index contributed by atoms with van der Waals surface area (Å²) >= 11 is 0. The molecule has 61 heavy (non-hydrogen) atoms. The highest BCUT2D eigenvalue weighted by Crippen LogP contribution is 2.80. The monoisotopic (exact) mass is 853 g/mol. The lowest BCUT2D eigenvalue weighted by molar-refractivity contribution is -0.213. The summed E-state index contributed by atoms with van der Waals surface area (Å²) in [5.74, 6) is -4.88. The average molecular weight is 853 g/mol. The summed E-state index contributed by atoms with van der Waals surface area (Å²) < 4.78 is 17.8. The largest absolute Gasteiger partial charge is 0.458 e. The summed E-state index contributed by atoms with van der Waals surface area (Å²) in [7, 11) is 0. The number of rotatable bonds is 2. The van der Waals surface area contributed by atoms with Gasteiger partial charge >= 0.3 is 11.9 Å². The van der Waals surface area contributed by atoms with Gasteiger partial charge in [0, 0.05) is 66.6 Å². The zero-order valence-corrected chi connectivity index (χ0v) is 39.2. The molecule has 0 radical (unpaired) electrons. The number of aliphatic hydroxyl groups is 5. The van der Waals surface area contributed by atoms with E-state index in [4.69, 9.17) is 14.2 Å². The van der Waals surface area contributed by atoms with Gasteiger partial charge in [-0.2, -0.15) is 0 Å². The maximum atomic E-state index is 13.1. The molecule has 9 rings (SSSR count). The third-order valence-electron chi connectivity index (χ3n) is 18.1. The summed E-state index contributed by atoms with van der Waals surface area (Å²) in [6, 6.07) is 0. The highest BCUT2D eigenvalue weighted by atomic mass is 16.6. The predicted molar refractivity (Wildman–Crippen MR) is 225 cm³/mol. The van der Waals surface area contributed by atoms with Gasteiger partial charge in [-0.05, 0) is 62.0 Å². The molecule has 17 atom stereocenters. The molecule has 0 aromatic carbocycles. The molecule has 340 valence electrons. The van der Waals surface area contributed by atoms with E-state index in [0.717, 1.165) is 5.57 Å². The van der Waals surface area contributed by atoms with Crippen molar-refractivity contribution < 1.29 is 58.9 Å². The van der Waals surface area contributed by atoms with Crippen LogP contribution >= 0.6 is 0 Å². The third-order valence-corrected chi connectivity index (χ3v) is 18.1. The summed E-state index contributed by atoms with van der Waals surface area (Å²) in [4.78, 5) is 50.0. The molecule has 0 bridgehead atoms. The van der Waals surface area contributed by atoms with Crippen molar-refractivity contribution in [3.63, 3.8) is 0 Å². The molecule has 1 aliphatic heterocycles. The van der Waals surface area contributed by atoms with Crippen LogP contribution in [0.15, 0.2) is 34.9 Å². The van der Waals surface area contributed by atoms with E-state index in [1.165, 1.54) is 13.8 Å². The van der Waals surface area contributed by atoms with Crippen molar-refractivity contribution in [2.45, 2.75) is 181 Å². The third kappa shape index (κ3) is 5.44. The van der Waals surface area contributed by atoms with Crippen LogP contribution in [0.1, 0.15) is 130 Å². The lowest BCUT2D eigenvalue weighted by Crippen LogP contribution is -2.65. The molecule has 8 aliphatic carbocycles. The first kappa shape index (κ1) is 46.3. The van der Waals surface area contributed by atoms with Crippen molar-refractivity contribution in [1.29, 1.82) is 0 Å². The van der Waals surface area contributed by atoms with Crippen LogP contribution in [0.5, 0.6) is 0 Å². The number of esters is 2. The lowest BCUT2D eigenvalue weighted by Gasteiger charge is -2.51. The fourth-order valence-electron chi connectivity index (χ4n) is 14.8. The summed E-state index contributed by atoms with van der Waals surface area (Å²) in [6.07, 6.45) is 4.68. The molecule has 0 aromatic heterocycles. The number of hydrogen-bond donors (Lipinski definition) is 5. The van der Waals surface area contributed by atoms with Gasteiger partial charge in [0.05, 0.1) is 17.3 Å². The Labute approximate surface area is 361 Å². The molecule has 6 fully saturated rings. The van der Waals surface area contributed by atoms with Crippen molar-refractivity contribution in [3.05, 3.63) is 34.9 Å². The van der Waals surface area contributed by atoms with Crippen molar-refractivity contribution in [3.8, 4) is 0 Å². The van der Waals surface area contributed by atoms with Crippen molar-refractivity contribution in [2.75, 3.05) is 0 Å². The average Bonchev–Trinajstić information content (AvgIpc) is 4.00. The van der Waals surface area contributed by atoms with Crippen LogP contribution in [0.2, 0.25) is 0 Å². The molecule has 0 amide bonds. The van der Waals surface area contributed by atoms with Crippen LogP contribution in [-0.2, 0) is 33.4 Å². The van der Waals surface area contributed by atoms with Gasteiger partial charge in [-0.15, -0.1) is 0 Å². The van der Waals surface area contributed by atoms with Crippen LogP contribution in [-0.4, -0.2) is 100 Å². The quantitative estimate of drug-likeness (QED) is 0.136. The molecule has 9 aliphatic rings. The molecular weight excluding hydrogens is 781 g/mol. The Morgan fingerprint density at radius 2 is 1.20 bits per heavy atom. The molecule has 5 saturated carbocycles. The van der Waals surface area contributed by atoms with Gasteiger partial charge in [0.2, 0.25) is 0 Å². The Morgan fingerprint density at radius 3 is 1.70 bits per heavy atom. The normalized spacial score (nSPS) is 51.0. The standard InChI is InChI=1S/C25H36O5.C22H30O7.C2H6/c1-13-9-18-23(28,20(13)27)12-16(21(4,5)6)10-17-19-22(7,8)24(19,30-15(3)26)11-14(2)25(17,18)29;1-9-7-12-21(26)10(2)8-20(28-11(3)23)14(18(20,4)5)13(21)16-19(6,29-16)17(25)22(12,27)15(9)24;1-2/h9-10,14,17-19,28-29H,11-12H2,1-8H3;7,10,12-14,16-17,25-27H,8H2,1-6H3;1-2H3/t14-,17+,18-,19-,23-,24+,25-;10-,12+,13-,14-,16+,17-,19+,20+,21+,22-;/m11./s1. The minimum Gasteiger partial charge on any atom is -0.458 e. The Morgan fingerprint density at radius 1 is 0.738 bits per heavy atom. The van der Waals surface area contributed by atoms with Crippen LogP contribution < -0.4 is 0 Å². The van der Waals surface area contributed by atoms with Crippen LogP contribution in [0.25, 0.3) is 0 Å². The van der Waals surface area contributed by atoms with E-state index >= 15 is 0 Å². The Kier molecular flexibility index (Phi) is 10.00. The van der Waals surface area contributed by atoms with Gasteiger partial charge in [0.1, 0.15) is 28.5 Å². The molecule has 1 saturated heterocycles. The molecule has 1 heterocycles. The number of hydrogen-bond acceptors (Lipinski definition) is 12. The molecule has 0 unspecified atom stereocenters. The van der Waals surface area contributed by atoms with E-state index in [1.807, 2.05) is 41.5 Å². The van der Waals surface area contributed by atoms with Crippen LogP contribution in [0.4, 0.5) is 0 Å². The van der Waals surface area contributed by atoms with E-state index in [-0.39, 0.29) is 58.6 Å². The Bertz CT molecular complexity index is 2060.